The van der Waals surface area contributed by atoms with E-state index in [0.717, 1.165) is 17.7 Å². The van der Waals surface area contributed by atoms with Crippen LogP contribution in [0, 0.1) is 24.2 Å². The van der Waals surface area contributed by atoms with Gasteiger partial charge in [0.1, 0.15) is 0 Å². The smallest absolute Gasteiger partial charge is 0.237 e. The summed E-state index contributed by atoms with van der Waals surface area (Å²) in [4.78, 5) is 25.7. The fraction of sp³-hybridized carbons (Fsp3) is 0.400. The number of nitriles is 1. The Labute approximate surface area is 112 Å². The van der Waals surface area contributed by atoms with Crippen molar-refractivity contribution in [2.45, 2.75) is 26.2 Å². The van der Waals surface area contributed by atoms with Crippen LogP contribution in [0.15, 0.2) is 24.3 Å². The Morgan fingerprint density at radius 2 is 2.11 bits per heavy atom. The highest BCUT2D eigenvalue weighted by Gasteiger charge is 2.34. The summed E-state index contributed by atoms with van der Waals surface area (Å²) >= 11 is 0. The largest absolute Gasteiger partial charge is 0.312 e. The second-order valence-corrected chi connectivity index (χ2v) is 4.82. The molecule has 1 aliphatic heterocycles. The lowest BCUT2D eigenvalue weighted by Gasteiger charge is -2.31. The van der Waals surface area contributed by atoms with Gasteiger partial charge in [0.05, 0.1) is 18.4 Å². The Balaban J connectivity index is 2.19. The molecule has 19 heavy (non-hydrogen) atoms. The molecule has 0 spiro atoms. The van der Waals surface area contributed by atoms with Crippen LogP contribution in [0.4, 0.5) is 5.69 Å². The van der Waals surface area contributed by atoms with Gasteiger partial charge in [-0.15, -0.1) is 0 Å². The molecule has 1 amide bonds. The lowest BCUT2D eigenvalue weighted by Crippen LogP contribution is -2.44. The monoisotopic (exact) mass is 256 g/mol. The first-order chi connectivity index (χ1) is 9.13. The third-order valence-electron chi connectivity index (χ3n) is 3.43. The fourth-order valence-corrected chi connectivity index (χ4v) is 2.36. The zero-order valence-electron chi connectivity index (χ0n) is 10.9. The predicted octanol–water partition coefficient (Wildman–Crippen LogP) is 2.22. The van der Waals surface area contributed by atoms with Crippen molar-refractivity contribution in [2.75, 3.05) is 11.4 Å². The molecule has 0 saturated carbocycles. The number of amides is 1. The number of hydrogen-bond acceptors (Lipinski definition) is 3. The number of anilines is 1. The molecule has 0 bridgehead atoms. The van der Waals surface area contributed by atoms with Crippen molar-refractivity contribution < 1.29 is 9.59 Å². The molecule has 0 N–H and O–H groups in total. The van der Waals surface area contributed by atoms with E-state index in [1.165, 1.54) is 0 Å². The average molecular weight is 256 g/mol. The topological polar surface area (TPSA) is 61.2 Å². The number of carbonyl (C=O) groups is 2. The van der Waals surface area contributed by atoms with Crippen molar-refractivity contribution in [1.29, 1.82) is 5.26 Å². The van der Waals surface area contributed by atoms with Gasteiger partial charge in [-0.25, -0.2) is 0 Å². The van der Waals surface area contributed by atoms with Crippen LogP contribution in [0.5, 0.6) is 0 Å². The zero-order valence-corrected chi connectivity index (χ0v) is 10.9. The van der Waals surface area contributed by atoms with Crippen LogP contribution in [-0.4, -0.2) is 18.2 Å². The van der Waals surface area contributed by atoms with Crippen molar-refractivity contribution in [1.82, 2.24) is 0 Å². The number of nitrogens with zero attached hydrogens (tertiary/aromatic N) is 2. The summed E-state index contributed by atoms with van der Waals surface area (Å²) in [5, 5.41) is 8.57. The molecular weight excluding hydrogens is 240 g/mol. The molecule has 1 fully saturated rings. The Morgan fingerprint density at radius 1 is 1.42 bits per heavy atom. The number of benzene rings is 1. The summed E-state index contributed by atoms with van der Waals surface area (Å²) in [7, 11) is 0. The first kappa shape index (κ1) is 13.3. The summed E-state index contributed by atoms with van der Waals surface area (Å²) in [5.41, 5.74) is 1.95. The van der Waals surface area contributed by atoms with E-state index in [4.69, 9.17) is 5.26 Å². The van der Waals surface area contributed by atoms with E-state index in [0.29, 0.717) is 13.0 Å². The zero-order chi connectivity index (χ0) is 13.8. The number of Topliss-reactive ketones (excluding diaryl/α,β-unsaturated/α-hetero) is 1. The van der Waals surface area contributed by atoms with Gasteiger partial charge < -0.3 is 4.90 Å². The van der Waals surface area contributed by atoms with E-state index < -0.39 is 5.92 Å². The van der Waals surface area contributed by atoms with Crippen molar-refractivity contribution in [2.24, 2.45) is 5.92 Å². The van der Waals surface area contributed by atoms with Gasteiger partial charge in [0, 0.05) is 12.2 Å². The first-order valence-electron chi connectivity index (χ1n) is 6.41. The summed E-state index contributed by atoms with van der Waals surface area (Å²) in [6.45, 7) is 2.62. The van der Waals surface area contributed by atoms with Crippen LogP contribution < -0.4 is 4.90 Å². The normalized spacial score (nSPS) is 19.1. The second kappa shape index (κ2) is 5.66. The molecule has 1 aromatic carbocycles. The Morgan fingerprint density at radius 3 is 2.74 bits per heavy atom. The molecule has 0 radical (unpaired) electrons. The van der Waals surface area contributed by atoms with Crippen molar-refractivity contribution >= 4 is 17.4 Å². The van der Waals surface area contributed by atoms with Gasteiger partial charge in [0.2, 0.25) is 5.91 Å². The standard InChI is InChI=1S/C15H16N2O2/c1-11-4-6-12(7-5-11)17-10-2-3-13(15(17)19)14(18)8-9-16/h4-7,13H,2-3,8,10H2,1H3/t13-/m1/s1. The minimum atomic E-state index is -0.644. The van der Waals surface area contributed by atoms with E-state index in [9.17, 15) is 9.59 Å². The van der Waals surface area contributed by atoms with E-state index >= 15 is 0 Å². The van der Waals surface area contributed by atoms with Crippen molar-refractivity contribution in [3.05, 3.63) is 29.8 Å². The van der Waals surface area contributed by atoms with Gasteiger partial charge in [0.25, 0.3) is 0 Å². The van der Waals surface area contributed by atoms with Crippen LogP contribution in [0.25, 0.3) is 0 Å². The molecule has 0 aromatic heterocycles. The van der Waals surface area contributed by atoms with Crippen LogP contribution in [0.2, 0.25) is 0 Å². The molecule has 1 heterocycles. The Hall–Kier alpha value is -2.15. The maximum absolute atomic E-state index is 12.3. The quantitative estimate of drug-likeness (QED) is 0.779. The highest BCUT2D eigenvalue weighted by molar-refractivity contribution is 6.09. The predicted molar refractivity (Wildman–Crippen MR) is 71.5 cm³/mol. The number of rotatable bonds is 3. The molecular formula is C15H16N2O2. The average Bonchev–Trinajstić information content (AvgIpc) is 2.40. The third kappa shape index (κ3) is 2.82. The van der Waals surface area contributed by atoms with Gasteiger partial charge in [0.15, 0.2) is 5.78 Å². The maximum atomic E-state index is 12.3. The first-order valence-corrected chi connectivity index (χ1v) is 6.41. The van der Waals surface area contributed by atoms with Crippen molar-refractivity contribution in [3.63, 3.8) is 0 Å². The van der Waals surface area contributed by atoms with Gasteiger partial charge in [-0.2, -0.15) is 5.26 Å². The molecule has 1 atom stereocenters. The molecule has 1 aliphatic rings. The molecule has 1 saturated heterocycles. The number of ketones is 1. The Kier molecular flexibility index (Phi) is 3.96. The van der Waals surface area contributed by atoms with Gasteiger partial charge >= 0.3 is 0 Å². The number of aryl methyl sites for hydroxylation is 1. The third-order valence-corrected chi connectivity index (χ3v) is 3.43. The fourth-order valence-electron chi connectivity index (χ4n) is 2.36. The molecule has 0 unspecified atom stereocenters. The lowest BCUT2D eigenvalue weighted by atomic mass is 9.91. The summed E-state index contributed by atoms with van der Waals surface area (Å²) in [5.74, 6) is -1.07. The molecule has 1 aromatic rings. The maximum Gasteiger partial charge on any atom is 0.237 e. The van der Waals surface area contributed by atoms with Crippen LogP contribution >= 0.6 is 0 Å². The van der Waals surface area contributed by atoms with E-state index in [2.05, 4.69) is 0 Å². The highest BCUT2D eigenvalue weighted by atomic mass is 16.2. The van der Waals surface area contributed by atoms with Crippen molar-refractivity contribution in [3.8, 4) is 6.07 Å². The summed E-state index contributed by atoms with van der Waals surface area (Å²) in [6.07, 6.45) is 1.17. The van der Waals surface area contributed by atoms with Gasteiger partial charge in [-0.3, -0.25) is 9.59 Å². The molecule has 4 nitrogen and oxygen atoms in total. The van der Waals surface area contributed by atoms with Crippen LogP contribution in [-0.2, 0) is 9.59 Å². The van der Waals surface area contributed by atoms with Gasteiger partial charge in [-0.05, 0) is 31.9 Å². The minimum Gasteiger partial charge on any atom is -0.312 e. The van der Waals surface area contributed by atoms with E-state index in [-0.39, 0.29) is 18.1 Å². The SMILES string of the molecule is Cc1ccc(N2CCC[C@H](C(=O)CC#N)C2=O)cc1. The number of piperidine rings is 1. The molecule has 4 heteroatoms. The number of carbonyl (C=O) groups excluding carboxylic acids is 2. The van der Waals surface area contributed by atoms with E-state index in [1.54, 1.807) is 4.90 Å². The minimum absolute atomic E-state index is 0.171. The van der Waals surface area contributed by atoms with Crippen LogP contribution in [0.3, 0.4) is 0 Å². The molecule has 0 aliphatic carbocycles. The van der Waals surface area contributed by atoms with E-state index in [1.807, 2.05) is 37.3 Å². The number of hydrogen-bond donors (Lipinski definition) is 0. The second-order valence-electron chi connectivity index (χ2n) is 4.82. The Bertz CT molecular complexity index is 528. The van der Waals surface area contributed by atoms with Crippen LogP contribution in [0.1, 0.15) is 24.8 Å². The van der Waals surface area contributed by atoms with Gasteiger partial charge in [-0.1, -0.05) is 17.7 Å². The molecule has 2 rings (SSSR count). The highest BCUT2D eigenvalue weighted by Crippen LogP contribution is 2.25. The summed E-state index contributed by atoms with van der Waals surface area (Å²) < 4.78 is 0. The summed E-state index contributed by atoms with van der Waals surface area (Å²) in [6, 6.07) is 9.51. The molecule has 98 valence electrons. The lowest BCUT2D eigenvalue weighted by molar-refractivity contribution is -0.133.